The zero-order valence-corrected chi connectivity index (χ0v) is 12.7. The van der Waals surface area contributed by atoms with E-state index in [4.69, 9.17) is 16.2 Å². The van der Waals surface area contributed by atoms with Crippen LogP contribution in [0.4, 0.5) is 0 Å². The van der Waals surface area contributed by atoms with Gasteiger partial charge in [-0.3, -0.25) is 4.99 Å². The van der Waals surface area contributed by atoms with Crippen LogP contribution in [0.3, 0.4) is 0 Å². The second kappa shape index (κ2) is 7.43. The van der Waals surface area contributed by atoms with Gasteiger partial charge in [0.05, 0.1) is 0 Å². The van der Waals surface area contributed by atoms with E-state index in [9.17, 15) is 24.8 Å². The van der Waals surface area contributed by atoms with Gasteiger partial charge in [0.2, 0.25) is 0 Å². The summed E-state index contributed by atoms with van der Waals surface area (Å²) < 4.78 is 4.97. The maximum Gasteiger partial charge on any atom is 0.350 e. The van der Waals surface area contributed by atoms with Crippen LogP contribution in [0.1, 0.15) is 33.6 Å². The summed E-state index contributed by atoms with van der Waals surface area (Å²) in [6.07, 6.45) is -0.403. The molecular weight excluding hydrogens is 298 g/mol. The SMILES string of the molecule is CC(C)(C)OC(=O)[C@@](CCCN=C(N)N)(N[N+](=O)[O-])C(=O)O. The van der Waals surface area contributed by atoms with Gasteiger partial charge in [-0.05, 0) is 33.6 Å². The van der Waals surface area contributed by atoms with Crippen LogP contribution < -0.4 is 16.9 Å². The van der Waals surface area contributed by atoms with Gasteiger partial charge in [-0.25, -0.2) is 19.7 Å². The number of hydrazine groups is 1. The molecule has 0 rings (SSSR count). The fraction of sp³-hybridized carbons (Fsp3) is 0.727. The van der Waals surface area contributed by atoms with E-state index in [1.165, 1.54) is 20.8 Å². The van der Waals surface area contributed by atoms with Crippen LogP contribution in [0.2, 0.25) is 0 Å². The molecule has 0 aromatic rings. The van der Waals surface area contributed by atoms with Gasteiger partial charge in [-0.15, -0.1) is 5.43 Å². The van der Waals surface area contributed by atoms with Crippen LogP contribution >= 0.6 is 0 Å². The Hall–Kier alpha value is -2.59. The highest BCUT2D eigenvalue weighted by atomic mass is 16.7. The molecule has 0 aliphatic rings. The number of carbonyl (C=O) groups excluding carboxylic acids is 1. The lowest BCUT2D eigenvalue weighted by Gasteiger charge is -2.28. The third kappa shape index (κ3) is 6.24. The first-order valence-corrected chi connectivity index (χ1v) is 6.35. The molecule has 0 aromatic carbocycles. The van der Waals surface area contributed by atoms with Crippen molar-refractivity contribution in [3.8, 4) is 0 Å². The first kappa shape index (κ1) is 19.4. The van der Waals surface area contributed by atoms with Crippen molar-refractivity contribution < 1.29 is 24.5 Å². The van der Waals surface area contributed by atoms with E-state index in [1.807, 2.05) is 0 Å². The molecule has 0 aromatic heterocycles. The minimum Gasteiger partial charge on any atom is -0.479 e. The quantitative estimate of drug-likeness (QED) is 0.0827. The minimum atomic E-state index is -2.52. The fourth-order valence-corrected chi connectivity index (χ4v) is 1.52. The minimum absolute atomic E-state index is 0.0134. The standard InChI is InChI=1S/C11H21N5O6/c1-10(2,3)22-8(19)11(7(17)18,15-16(20)21)5-4-6-14-9(12)13/h15H,4-6H2,1-3H3,(H,17,18)(H4,12,13,14)/t11-/m0/s1. The third-order valence-corrected chi connectivity index (χ3v) is 2.40. The lowest BCUT2D eigenvalue weighted by molar-refractivity contribution is -0.554. The van der Waals surface area contributed by atoms with Crippen molar-refractivity contribution >= 4 is 17.9 Å². The number of carbonyl (C=O) groups is 2. The molecule has 0 fully saturated rings. The second-order valence-corrected chi connectivity index (χ2v) is 5.49. The van der Waals surface area contributed by atoms with E-state index in [0.29, 0.717) is 0 Å². The zero-order valence-electron chi connectivity index (χ0n) is 12.7. The molecule has 0 saturated carbocycles. The van der Waals surface area contributed by atoms with E-state index >= 15 is 0 Å². The fourth-order valence-electron chi connectivity index (χ4n) is 1.52. The summed E-state index contributed by atoms with van der Waals surface area (Å²) in [7, 11) is 0. The summed E-state index contributed by atoms with van der Waals surface area (Å²) in [4.78, 5) is 37.9. The van der Waals surface area contributed by atoms with Crippen molar-refractivity contribution in [1.82, 2.24) is 5.43 Å². The number of hydrogen-bond acceptors (Lipinski definition) is 6. The monoisotopic (exact) mass is 319 g/mol. The van der Waals surface area contributed by atoms with E-state index in [1.54, 1.807) is 5.43 Å². The smallest absolute Gasteiger partial charge is 0.350 e. The van der Waals surface area contributed by atoms with Gasteiger partial charge in [-0.2, -0.15) is 0 Å². The molecule has 11 nitrogen and oxygen atoms in total. The maximum absolute atomic E-state index is 12.1. The Labute approximate surface area is 126 Å². The number of esters is 1. The predicted octanol–water partition coefficient (Wildman–Crippen LogP) is -1.01. The lowest BCUT2D eigenvalue weighted by atomic mass is 9.94. The van der Waals surface area contributed by atoms with Crippen LogP contribution in [-0.4, -0.2) is 45.7 Å². The van der Waals surface area contributed by atoms with Gasteiger partial charge in [0.25, 0.3) is 5.54 Å². The van der Waals surface area contributed by atoms with Crippen LogP contribution in [0.15, 0.2) is 4.99 Å². The number of nitro groups is 1. The average molecular weight is 319 g/mol. The number of aliphatic carboxylic acids is 1. The van der Waals surface area contributed by atoms with Crippen molar-refractivity contribution in [3.05, 3.63) is 10.1 Å². The number of rotatable bonds is 8. The average Bonchev–Trinajstić information content (AvgIpc) is 2.29. The van der Waals surface area contributed by atoms with Crippen LogP contribution in [-0.2, 0) is 14.3 Å². The highest BCUT2D eigenvalue weighted by Gasteiger charge is 2.53. The molecule has 0 saturated heterocycles. The molecule has 0 radical (unpaired) electrons. The van der Waals surface area contributed by atoms with Gasteiger partial charge in [-0.1, -0.05) is 0 Å². The number of nitrogens with zero attached hydrogens (tertiary/aromatic N) is 2. The molecule has 0 aliphatic carbocycles. The van der Waals surface area contributed by atoms with Gasteiger partial charge in [0.1, 0.15) is 5.60 Å². The normalized spacial score (nSPS) is 13.6. The number of carboxylic acids is 1. The van der Waals surface area contributed by atoms with Gasteiger partial charge >= 0.3 is 11.9 Å². The highest BCUT2D eigenvalue weighted by molar-refractivity contribution is 6.04. The van der Waals surface area contributed by atoms with Crippen molar-refractivity contribution in [2.45, 2.75) is 44.8 Å². The molecule has 0 bridgehead atoms. The van der Waals surface area contributed by atoms with Gasteiger partial charge in [0.15, 0.2) is 11.0 Å². The molecular formula is C11H21N5O6. The van der Waals surface area contributed by atoms with E-state index in [2.05, 4.69) is 4.99 Å². The summed E-state index contributed by atoms with van der Waals surface area (Å²) in [5, 5.41) is 18.9. The Morgan fingerprint density at radius 3 is 2.27 bits per heavy atom. The first-order valence-electron chi connectivity index (χ1n) is 6.35. The second-order valence-electron chi connectivity index (χ2n) is 5.49. The largest absolute Gasteiger partial charge is 0.479 e. The number of nitrogens with one attached hydrogen (secondary N) is 1. The molecule has 0 heterocycles. The van der Waals surface area contributed by atoms with Crippen LogP contribution in [0.25, 0.3) is 0 Å². The first-order chi connectivity index (χ1) is 9.90. The Kier molecular flexibility index (Phi) is 6.55. The molecule has 0 spiro atoms. The molecule has 22 heavy (non-hydrogen) atoms. The number of ether oxygens (including phenoxy) is 1. The summed E-state index contributed by atoms with van der Waals surface area (Å²) in [5.74, 6) is -3.18. The Morgan fingerprint density at radius 1 is 1.36 bits per heavy atom. The summed E-state index contributed by atoms with van der Waals surface area (Å²) in [6, 6.07) is 0. The topological polar surface area (TPSA) is 183 Å². The molecule has 6 N–H and O–H groups in total. The van der Waals surface area contributed by atoms with Crippen LogP contribution in [0.5, 0.6) is 0 Å². The third-order valence-electron chi connectivity index (χ3n) is 2.40. The number of guanidine groups is 1. The Balaban J connectivity index is 5.33. The van der Waals surface area contributed by atoms with Crippen LogP contribution in [0, 0.1) is 10.1 Å². The highest BCUT2D eigenvalue weighted by Crippen LogP contribution is 2.20. The molecule has 11 heteroatoms. The van der Waals surface area contributed by atoms with E-state index in [0.717, 1.165) is 0 Å². The number of hydrogen-bond donors (Lipinski definition) is 4. The van der Waals surface area contributed by atoms with Crippen molar-refractivity contribution in [2.24, 2.45) is 16.5 Å². The van der Waals surface area contributed by atoms with Crippen molar-refractivity contribution in [3.63, 3.8) is 0 Å². The molecule has 0 aliphatic heterocycles. The number of aliphatic imine (C=N–C) groups is 1. The Morgan fingerprint density at radius 2 is 1.91 bits per heavy atom. The van der Waals surface area contributed by atoms with Crippen molar-refractivity contribution in [1.29, 1.82) is 0 Å². The van der Waals surface area contributed by atoms with E-state index < -0.39 is 34.5 Å². The summed E-state index contributed by atoms with van der Waals surface area (Å²) >= 11 is 0. The maximum atomic E-state index is 12.1. The summed E-state index contributed by atoms with van der Waals surface area (Å²) in [5.41, 5.74) is 8.26. The number of carboxylic acid groups (broad SMARTS) is 1. The molecule has 126 valence electrons. The van der Waals surface area contributed by atoms with E-state index in [-0.39, 0.29) is 18.9 Å². The predicted molar refractivity (Wildman–Crippen MR) is 76.3 cm³/mol. The molecule has 0 amide bonds. The lowest BCUT2D eigenvalue weighted by Crippen LogP contribution is -2.61. The van der Waals surface area contributed by atoms with Crippen molar-refractivity contribution in [2.75, 3.05) is 6.54 Å². The van der Waals surface area contributed by atoms with Gasteiger partial charge in [0, 0.05) is 6.54 Å². The zero-order chi connectivity index (χ0) is 17.6. The van der Waals surface area contributed by atoms with Gasteiger partial charge < -0.3 is 21.3 Å². The summed E-state index contributed by atoms with van der Waals surface area (Å²) in [6.45, 7) is 4.56. The number of nitrogens with two attached hydrogens (primary N) is 2. The molecule has 1 atom stereocenters. The Bertz CT molecular complexity index is 468. The molecule has 0 unspecified atom stereocenters.